The van der Waals surface area contributed by atoms with E-state index in [4.69, 9.17) is 0 Å². The molecule has 0 aliphatic rings. The quantitative estimate of drug-likeness (QED) is 0.673. The molecule has 2 aromatic heterocycles. The number of nitrogens with one attached hydrogen (secondary N) is 1. The first-order valence-electron chi connectivity index (χ1n) is 7.30. The average Bonchev–Trinajstić information content (AvgIpc) is 2.97. The Hall–Kier alpha value is -1.93. The van der Waals surface area contributed by atoms with E-state index in [2.05, 4.69) is 36.3 Å². The zero-order valence-corrected chi connectivity index (χ0v) is 15.9. The van der Waals surface area contributed by atoms with E-state index in [0.29, 0.717) is 10.9 Å². The minimum absolute atomic E-state index is 0.0881. The van der Waals surface area contributed by atoms with Gasteiger partial charge in [0.15, 0.2) is 0 Å². The molecule has 0 saturated carbocycles. The number of nitrogens with zero attached hydrogens (tertiary/aromatic N) is 4. The molecule has 8 heteroatoms. The summed E-state index contributed by atoms with van der Waals surface area (Å²) >= 11 is 4.84. The van der Waals surface area contributed by atoms with Gasteiger partial charge in [0.25, 0.3) is 5.78 Å². The van der Waals surface area contributed by atoms with E-state index < -0.39 is 0 Å². The maximum absolute atomic E-state index is 12.4. The molecule has 0 aliphatic carbocycles. The third-order valence-corrected chi connectivity index (χ3v) is 4.74. The predicted octanol–water partition coefficient (Wildman–Crippen LogP) is 3.41. The van der Waals surface area contributed by atoms with Crippen molar-refractivity contribution in [3.63, 3.8) is 0 Å². The van der Waals surface area contributed by atoms with Crippen molar-refractivity contribution in [1.29, 1.82) is 0 Å². The molecule has 0 fully saturated rings. The summed E-state index contributed by atoms with van der Waals surface area (Å²) < 4.78 is 2.67. The number of carbonyl (C=O) groups excluding carboxylic acids is 1. The fourth-order valence-electron chi connectivity index (χ4n) is 2.43. The largest absolute Gasteiger partial charge is 0.326 e. The molecular formula is C16H16BrN5OS. The Morgan fingerprint density at radius 3 is 2.62 bits per heavy atom. The summed E-state index contributed by atoms with van der Waals surface area (Å²) in [6.45, 7) is 3.82. The van der Waals surface area contributed by atoms with Crippen molar-refractivity contribution < 1.29 is 4.79 Å². The molecule has 1 N–H and O–H groups in total. The van der Waals surface area contributed by atoms with Crippen LogP contribution in [0.25, 0.3) is 5.78 Å². The highest BCUT2D eigenvalue weighted by Gasteiger charge is 2.16. The number of aryl methyl sites for hydroxylation is 2. The monoisotopic (exact) mass is 405 g/mol. The summed E-state index contributed by atoms with van der Waals surface area (Å²) in [5.41, 5.74) is 3.31. The molecule has 124 valence electrons. The number of amides is 1. The van der Waals surface area contributed by atoms with Crippen LogP contribution >= 0.6 is 27.7 Å². The summed E-state index contributed by atoms with van der Waals surface area (Å²) in [5.74, 6) is 0.473. The van der Waals surface area contributed by atoms with Crippen LogP contribution in [0, 0.1) is 13.8 Å². The van der Waals surface area contributed by atoms with E-state index in [0.717, 1.165) is 27.1 Å². The Kier molecular flexibility index (Phi) is 4.86. The van der Waals surface area contributed by atoms with E-state index in [-0.39, 0.29) is 12.3 Å². The number of hydrogen-bond acceptors (Lipinski definition) is 5. The maximum Gasteiger partial charge on any atom is 0.253 e. The average molecular weight is 406 g/mol. The number of halogens is 1. The Balaban J connectivity index is 1.86. The van der Waals surface area contributed by atoms with Crippen molar-refractivity contribution in [1.82, 2.24) is 19.6 Å². The Morgan fingerprint density at radius 2 is 1.96 bits per heavy atom. The number of benzene rings is 1. The Labute approximate surface area is 152 Å². The number of rotatable bonds is 4. The number of thioether (sulfide) groups is 1. The molecule has 3 aromatic rings. The van der Waals surface area contributed by atoms with Crippen molar-refractivity contribution in [3.8, 4) is 0 Å². The third kappa shape index (κ3) is 3.44. The van der Waals surface area contributed by atoms with Crippen molar-refractivity contribution in [2.75, 3.05) is 11.6 Å². The van der Waals surface area contributed by atoms with Crippen molar-refractivity contribution in [2.24, 2.45) is 0 Å². The summed E-state index contributed by atoms with van der Waals surface area (Å²) in [6, 6.07) is 7.48. The smallest absolute Gasteiger partial charge is 0.253 e. The highest BCUT2D eigenvalue weighted by Crippen LogP contribution is 2.18. The number of fused-ring (bicyclic) bond motifs is 1. The summed E-state index contributed by atoms with van der Waals surface area (Å²) in [6.07, 6.45) is 2.16. The molecular weight excluding hydrogens is 390 g/mol. The van der Waals surface area contributed by atoms with Crippen LogP contribution in [-0.2, 0) is 11.2 Å². The van der Waals surface area contributed by atoms with Crippen molar-refractivity contribution in [2.45, 2.75) is 25.4 Å². The molecule has 1 amide bonds. The van der Waals surface area contributed by atoms with Crippen LogP contribution in [0.15, 0.2) is 33.9 Å². The van der Waals surface area contributed by atoms with Crippen LogP contribution < -0.4 is 5.32 Å². The van der Waals surface area contributed by atoms with E-state index >= 15 is 0 Å². The van der Waals surface area contributed by atoms with Gasteiger partial charge in [-0.1, -0.05) is 27.7 Å². The fourth-order valence-corrected chi connectivity index (χ4v) is 3.03. The first kappa shape index (κ1) is 16.9. The van der Waals surface area contributed by atoms with Gasteiger partial charge in [-0.2, -0.15) is 4.98 Å². The van der Waals surface area contributed by atoms with Gasteiger partial charge in [-0.3, -0.25) is 4.79 Å². The first-order chi connectivity index (χ1) is 11.5. The van der Waals surface area contributed by atoms with Crippen LogP contribution in [0.3, 0.4) is 0 Å². The summed E-state index contributed by atoms with van der Waals surface area (Å²) in [7, 11) is 0. The van der Waals surface area contributed by atoms with Crippen molar-refractivity contribution in [3.05, 3.63) is 45.7 Å². The molecule has 1 aromatic carbocycles. The summed E-state index contributed by atoms with van der Waals surface area (Å²) in [5, 5.41) is 7.97. The van der Waals surface area contributed by atoms with Crippen LogP contribution in [-0.4, -0.2) is 31.7 Å². The lowest BCUT2D eigenvalue weighted by atomic mass is 10.1. The predicted molar refractivity (Wildman–Crippen MR) is 98.5 cm³/mol. The molecule has 0 spiro atoms. The minimum Gasteiger partial charge on any atom is -0.326 e. The molecule has 0 aliphatic heterocycles. The van der Waals surface area contributed by atoms with Crippen LogP contribution in [0.2, 0.25) is 0 Å². The molecule has 0 bridgehead atoms. The number of carbonyl (C=O) groups is 1. The van der Waals surface area contributed by atoms with Gasteiger partial charge in [-0.05, 0) is 44.4 Å². The second kappa shape index (κ2) is 6.90. The highest BCUT2D eigenvalue weighted by molar-refractivity contribution is 9.10. The second-order valence-electron chi connectivity index (χ2n) is 5.30. The normalized spacial score (nSPS) is 11.0. The minimum atomic E-state index is -0.0881. The van der Waals surface area contributed by atoms with E-state index in [9.17, 15) is 4.79 Å². The zero-order chi connectivity index (χ0) is 17.3. The first-order valence-corrected chi connectivity index (χ1v) is 9.32. The molecule has 6 nitrogen and oxygen atoms in total. The van der Waals surface area contributed by atoms with E-state index in [1.54, 1.807) is 4.52 Å². The topological polar surface area (TPSA) is 72.2 Å². The Bertz CT molecular complexity index is 907. The van der Waals surface area contributed by atoms with Gasteiger partial charge >= 0.3 is 0 Å². The SMILES string of the molecule is CSc1nc2nc(C)c(CC(=O)Nc3ccc(Br)cc3)c(C)n2n1. The van der Waals surface area contributed by atoms with Gasteiger partial charge in [-0.15, -0.1) is 5.10 Å². The van der Waals surface area contributed by atoms with E-state index in [1.165, 1.54) is 11.8 Å². The van der Waals surface area contributed by atoms with Gasteiger partial charge in [-0.25, -0.2) is 9.50 Å². The lowest BCUT2D eigenvalue weighted by Gasteiger charge is -2.10. The lowest BCUT2D eigenvalue weighted by Crippen LogP contribution is -2.17. The van der Waals surface area contributed by atoms with Crippen molar-refractivity contribution >= 4 is 45.1 Å². The molecule has 3 rings (SSSR count). The molecule has 0 saturated heterocycles. The third-order valence-electron chi connectivity index (χ3n) is 3.68. The van der Waals surface area contributed by atoms with Gasteiger partial charge in [0.2, 0.25) is 11.1 Å². The fraction of sp³-hybridized carbons (Fsp3) is 0.250. The molecule has 24 heavy (non-hydrogen) atoms. The van der Waals surface area contributed by atoms with Crippen LogP contribution in [0.4, 0.5) is 5.69 Å². The van der Waals surface area contributed by atoms with Crippen LogP contribution in [0.1, 0.15) is 17.0 Å². The number of anilines is 1. The Morgan fingerprint density at radius 1 is 1.25 bits per heavy atom. The maximum atomic E-state index is 12.4. The van der Waals surface area contributed by atoms with Gasteiger partial charge in [0, 0.05) is 27.1 Å². The standard InChI is InChI=1S/C16H16BrN5OS/c1-9-13(8-14(23)19-12-6-4-11(17)5-7-12)10(2)22-15(18-9)20-16(21-22)24-3/h4-7H,8H2,1-3H3,(H,19,23). The zero-order valence-electron chi connectivity index (χ0n) is 13.5. The number of aromatic nitrogens is 4. The lowest BCUT2D eigenvalue weighted by molar-refractivity contribution is -0.115. The van der Waals surface area contributed by atoms with Crippen LogP contribution in [0.5, 0.6) is 0 Å². The summed E-state index contributed by atoms with van der Waals surface area (Å²) in [4.78, 5) is 21.2. The molecule has 0 radical (unpaired) electrons. The molecule has 2 heterocycles. The highest BCUT2D eigenvalue weighted by atomic mass is 79.9. The van der Waals surface area contributed by atoms with Gasteiger partial charge < -0.3 is 5.32 Å². The number of hydrogen-bond donors (Lipinski definition) is 1. The molecule has 0 atom stereocenters. The molecule has 0 unspecified atom stereocenters. The van der Waals surface area contributed by atoms with Gasteiger partial charge in [0.1, 0.15) is 0 Å². The van der Waals surface area contributed by atoms with E-state index in [1.807, 2.05) is 44.4 Å². The van der Waals surface area contributed by atoms with Gasteiger partial charge in [0.05, 0.1) is 6.42 Å². The second-order valence-corrected chi connectivity index (χ2v) is 6.99.